The number of thioether (sulfide) groups is 1. The third-order valence-electron chi connectivity index (χ3n) is 7.35. The lowest BCUT2D eigenvalue weighted by molar-refractivity contribution is 0.102. The summed E-state index contributed by atoms with van der Waals surface area (Å²) in [5.74, 6) is 0.166. The molecule has 42 heavy (non-hydrogen) atoms. The quantitative estimate of drug-likeness (QED) is 0.0738. The number of fused-ring (bicyclic) bond motifs is 1. The van der Waals surface area contributed by atoms with Gasteiger partial charge in [0.25, 0.3) is 5.56 Å². The van der Waals surface area contributed by atoms with Gasteiger partial charge in [0.05, 0.1) is 11.1 Å². The summed E-state index contributed by atoms with van der Waals surface area (Å²) < 4.78 is 3.73. The molecule has 6 rings (SSSR count). The van der Waals surface area contributed by atoms with Gasteiger partial charge in [0.1, 0.15) is 4.83 Å². The Labute approximate surface area is 252 Å². The number of ketones is 1. The van der Waals surface area contributed by atoms with E-state index in [1.54, 1.807) is 10.6 Å². The van der Waals surface area contributed by atoms with Gasteiger partial charge >= 0.3 is 0 Å². The van der Waals surface area contributed by atoms with Gasteiger partial charge in [-0.25, -0.2) is 4.98 Å². The Bertz CT molecular complexity index is 1970. The number of aryl methyl sites for hydroxylation is 1. The Morgan fingerprint density at radius 1 is 0.929 bits per heavy atom. The Hall–Kier alpha value is -4.46. The van der Waals surface area contributed by atoms with E-state index in [9.17, 15) is 9.59 Å². The lowest BCUT2D eigenvalue weighted by Gasteiger charge is -2.12. The molecular formula is C35H29N3O2S2. The van der Waals surface area contributed by atoms with Gasteiger partial charge in [-0.15, -0.1) is 17.9 Å². The summed E-state index contributed by atoms with van der Waals surface area (Å²) in [7, 11) is 0. The molecule has 0 bridgehead atoms. The van der Waals surface area contributed by atoms with E-state index in [0.717, 1.165) is 33.8 Å². The van der Waals surface area contributed by atoms with Crippen molar-refractivity contribution in [1.29, 1.82) is 0 Å². The first-order valence-electron chi connectivity index (χ1n) is 13.7. The number of rotatable bonds is 9. The first-order valence-corrected chi connectivity index (χ1v) is 15.5. The summed E-state index contributed by atoms with van der Waals surface area (Å²) in [4.78, 5) is 32.7. The summed E-state index contributed by atoms with van der Waals surface area (Å²) in [6.45, 7) is 8.15. The molecule has 3 aromatic carbocycles. The van der Waals surface area contributed by atoms with Gasteiger partial charge in [-0.05, 0) is 48.7 Å². The molecule has 0 saturated heterocycles. The number of aromatic nitrogens is 3. The van der Waals surface area contributed by atoms with Crippen molar-refractivity contribution in [3.63, 3.8) is 0 Å². The molecule has 3 heterocycles. The van der Waals surface area contributed by atoms with Gasteiger partial charge in [-0.1, -0.05) is 90.6 Å². The number of Topliss-reactive ketones (excluding diaryl/α,β-unsaturated/α-hetero) is 1. The van der Waals surface area contributed by atoms with E-state index in [1.165, 1.54) is 28.7 Å². The molecule has 0 saturated carbocycles. The van der Waals surface area contributed by atoms with Gasteiger partial charge in [-0.3, -0.25) is 14.2 Å². The van der Waals surface area contributed by atoms with Gasteiger partial charge in [-0.2, -0.15) is 0 Å². The van der Waals surface area contributed by atoms with Crippen molar-refractivity contribution in [2.75, 3.05) is 5.75 Å². The Balaban J connectivity index is 1.27. The largest absolute Gasteiger partial charge is 0.318 e. The number of hydrogen-bond acceptors (Lipinski definition) is 5. The standard InChI is InChI=1S/C35H29N3O2S2/c1-4-19-37-34(40)32-30(27-13-9-6-10-14-27)21-41-33(32)36-35(37)42-22-31(39)29-20-23(2)38(24(29)3)28-17-15-26(16-18-28)25-11-7-5-8-12-25/h4-18,20-21H,1,19,22H2,2-3H3. The molecule has 0 atom stereocenters. The van der Waals surface area contributed by atoms with Gasteiger partial charge < -0.3 is 4.57 Å². The van der Waals surface area contributed by atoms with Crippen molar-refractivity contribution in [2.45, 2.75) is 25.5 Å². The zero-order chi connectivity index (χ0) is 29.2. The summed E-state index contributed by atoms with van der Waals surface area (Å²) in [6.07, 6.45) is 1.69. The van der Waals surface area contributed by atoms with Crippen molar-refractivity contribution in [3.05, 3.63) is 136 Å². The van der Waals surface area contributed by atoms with Gasteiger partial charge in [0, 0.05) is 40.1 Å². The molecule has 0 unspecified atom stereocenters. The molecule has 6 aromatic rings. The normalized spacial score (nSPS) is 11.2. The number of benzene rings is 3. The maximum absolute atomic E-state index is 13.7. The zero-order valence-corrected chi connectivity index (χ0v) is 25.0. The molecule has 0 aliphatic carbocycles. The van der Waals surface area contributed by atoms with Gasteiger partial charge in [0.2, 0.25) is 0 Å². The molecule has 3 aromatic heterocycles. The van der Waals surface area contributed by atoms with Crippen LogP contribution in [0.25, 0.3) is 38.2 Å². The van der Waals surface area contributed by atoms with Crippen molar-refractivity contribution in [1.82, 2.24) is 14.1 Å². The summed E-state index contributed by atoms with van der Waals surface area (Å²) in [6, 6.07) is 30.5. The fourth-order valence-electron chi connectivity index (χ4n) is 5.32. The SMILES string of the molecule is C=CCn1c(SCC(=O)c2cc(C)n(-c3ccc(-c4ccccc4)cc3)c2C)nc2scc(-c3ccccc3)c2c1=O. The molecule has 0 fully saturated rings. The molecule has 0 spiro atoms. The second kappa shape index (κ2) is 11.8. The Morgan fingerprint density at radius 3 is 2.24 bits per heavy atom. The lowest BCUT2D eigenvalue weighted by Crippen LogP contribution is -2.23. The number of hydrogen-bond donors (Lipinski definition) is 0. The fourth-order valence-corrected chi connectivity index (χ4v) is 7.20. The Morgan fingerprint density at radius 2 is 1.57 bits per heavy atom. The average molecular weight is 588 g/mol. The first-order chi connectivity index (χ1) is 20.5. The third-order valence-corrected chi connectivity index (χ3v) is 9.20. The topological polar surface area (TPSA) is 56.9 Å². The number of carbonyl (C=O) groups excluding carboxylic acids is 1. The molecule has 0 radical (unpaired) electrons. The zero-order valence-electron chi connectivity index (χ0n) is 23.4. The maximum Gasteiger partial charge on any atom is 0.263 e. The van der Waals surface area contributed by atoms with Crippen LogP contribution >= 0.6 is 23.1 Å². The van der Waals surface area contributed by atoms with Crippen LogP contribution in [0.5, 0.6) is 0 Å². The van der Waals surface area contributed by atoms with E-state index in [-0.39, 0.29) is 17.1 Å². The van der Waals surface area contributed by atoms with E-state index >= 15 is 0 Å². The molecule has 0 aliphatic heterocycles. The van der Waals surface area contributed by atoms with Crippen LogP contribution in [0.15, 0.2) is 119 Å². The monoisotopic (exact) mass is 587 g/mol. The average Bonchev–Trinajstić information content (AvgIpc) is 3.58. The lowest BCUT2D eigenvalue weighted by atomic mass is 10.1. The van der Waals surface area contributed by atoms with E-state index in [2.05, 4.69) is 47.5 Å². The number of nitrogens with zero attached hydrogens (tertiary/aromatic N) is 3. The maximum atomic E-state index is 13.7. The van der Waals surface area contributed by atoms with Crippen LogP contribution in [0.1, 0.15) is 21.7 Å². The van der Waals surface area contributed by atoms with Crippen LogP contribution in [0.4, 0.5) is 0 Å². The van der Waals surface area contributed by atoms with E-state index < -0.39 is 0 Å². The van der Waals surface area contributed by atoms with E-state index in [1.807, 2.05) is 73.8 Å². The summed E-state index contributed by atoms with van der Waals surface area (Å²) in [5.41, 5.74) is 7.61. The second-order valence-electron chi connectivity index (χ2n) is 10.0. The second-order valence-corrected chi connectivity index (χ2v) is 11.8. The van der Waals surface area contributed by atoms with Crippen molar-refractivity contribution in [2.24, 2.45) is 0 Å². The fraction of sp³-hybridized carbons (Fsp3) is 0.114. The Kier molecular flexibility index (Phi) is 7.78. The number of carbonyl (C=O) groups is 1. The molecule has 0 amide bonds. The highest BCUT2D eigenvalue weighted by atomic mass is 32.2. The minimum absolute atomic E-state index is 0.00379. The highest BCUT2D eigenvalue weighted by Gasteiger charge is 2.20. The molecule has 5 nitrogen and oxygen atoms in total. The van der Waals surface area contributed by atoms with Crippen LogP contribution in [0.2, 0.25) is 0 Å². The third kappa shape index (κ3) is 5.17. The van der Waals surface area contributed by atoms with Crippen LogP contribution in [0, 0.1) is 13.8 Å². The highest BCUT2D eigenvalue weighted by Crippen LogP contribution is 2.32. The molecule has 0 aliphatic rings. The summed E-state index contributed by atoms with van der Waals surface area (Å²) >= 11 is 2.74. The smallest absolute Gasteiger partial charge is 0.263 e. The predicted molar refractivity (Wildman–Crippen MR) is 175 cm³/mol. The molecular weight excluding hydrogens is 559 g/mol. The molecule has 0 N–H and O–H groups in total. The van der Waals surface area contributed by atoms with Crippen molar-refractivity contribution < 1.29 is 4.79 Å². The minimum Gasteiger partial charge on any atom is -0.318 e. The first kappa shape index (κ1) is 27.7. The molecule has 208 valence electrons. The van der Waals surface area contributed by atoms with Crippen LogP contribution in [-0.2, 0) is 6.54 Å². The number of allylic oxidation sites excluding steroid dienone is 1. The van der Waals surface area contributed by atoms with E-state index in [4.69, 9.17) is 4.98 Å². The van der Waals surface area contributed by atoms with Crippen LogP contribution in [-0.4, -0.2) is 25.7 Å². The van der Waals surface area contributed by atoms with Crippen LogP contribution < -0.4 is 5.56 Å². The minimum atomic E-state index is -0.118. The highest BCUT2D eigenvalue weighted by molar-refractivity contribution is 7.99. The molecule has 7 heteroatoms. The van der Waals surface area contributed by atoms with Gasteiger partial charge in [0.15, 0.2) is 10.9 Å². The van der Waals surface area contributed by atoms with Crippen molar-refractivity contribution >= 4 is 39.1 Å². The number of thiophene rings is 1. The van der Waals surface area contributed by atoms with Crippen LogP contribution in [0.3, 0.4) is 0 Å². The van der Waals surface area contributed by atoms with E-state index in [0.29, 0.717) is 27.5 Å². The summed E-state index contributed by atoms with van der Waals surface area (Å²) in [5, 5.41) is 3.10. The predicted octanol–water partition coefficient (Wildman–Crippen LogP) is 8.36. The van der Waals surface area contributed by atoms with Crippen molar-refractivity contribution in [3.8, 4) is 27.9 Å².